The molecule has 0 bridgehead atoms. The van der Waals surface area contributed by atoms with Gasteiger partial charge in [-0.2, -0.15) is 5.26 Å². The Morgan fingerprint density at radius 2 is 1.57 bits per heavy atom. The summed E-state index contributed by atoms with van der Waals surface area (Å²) in [6.45, 7) is 10.5. The lowest BCUT2D eigenvalue weighted by Crippen LogP contribution is -2.33. The van der Waals surface area contributed by atoms with Crippen LogP contribution in [0.4, 0.5) is 0 Å². The highest BCUT2D eigenvalue weighted by Crippen LogP contribution is 2.46. The monoisotopic (exact) mass is 317 g/mol. The summed E-state index contributed by atoms with van der Waals surface area (Å²) < 4.78 is 14.1. The molecule has 0 amide bonds. The van der Waals surface area contributed by atoms with Crippen molar-refractivity contribution in [1.29, 1.82) is 5.26 Å². The molecule has 124 valence electrons. The first kappa shape index (κ1) is 20.8. The molecule has 5 nitrogen and oxygen atoms in total. The fraction of sp³-hybridized carbons (Fsp3) is 0.933. The molecule has 2 N–H and O–H groups in total. The van der Waals surface area contributed by atoms with Crippen molar-refractivity contribution in [2.24, 2.45) is 5.73 Å². The molecule has 0 heterocycles. The van der Waals surface area contributed by atoms with Gasteiger partial charge in [-0.15, -0.1) is 0 Å². The van der Waals surface area contributed by atoms with Crippen molar-refractivity contribution < 1.29 is 9.05 Å². The molecule has 0 aromatic heterocycles. The summed E-state index contributed by atoms with van der Waals surface area (Å²) in [5, 5.41) is 8.65. The van der Waals surface area contributed by atoms with Crippen LogP contribution in [0.2, 0.25) is 0 Å². The minimum absolute atomic E-state index is 0.357. The molecule has 1 atom stereocenters. The topological polar surface area (TPSA) is 71.5 Å². The minimum atomic E-state index is -1.08. The molecule has 0 aliphatic carbocycles. The Morgan fingerprint density at radius 1 is 1.00 bits per heavy atom. The fourth-order valence-electron chi connectivity index (χ4n) is 2.06. The highest BCUT2D eigenvalue weighted by atomic mass is 31.2. The third-order valence-electron chi connectivity index (χ3n) is 2.96. The summed E-state index contributed by atoms with van der Waals surface area (Å²) >= 11 is 0. The van der Waals surface area contributed by atoms with Gasteiger partial charge in [-0.3, -0.25) is 0 Å². The van der Waals surface area contributed by atoms with Gasteiger partial charge < -0.3 is 14.8 Å². The van der Waals surface area contributed by atoms with Gasteiger partial charge >= 0.3 is 0 Å². The first-order chi connectivity index (χ1) is 10.0. The Bertz CT molecular complexity index is 275. The van der Waals surface area contributed by atoms with E-state index in [0.29, 0.717) is 31.7 Å². The number of rotatable bonds is 13. The van der Waals surface area contributed by atoms with Crippen molar-refractivity contribution in [2.75, 3.05) is 19.8 Å². The molecule has 0 spiro atoms. The highest BCUT2D eigenvalue weighted by Gasteiger charge is 2.26. The van der Waals surface area contributed by atoms with Crippen LogP contribution in [0.25, 0.3) is 0 Å². The summed E-state index contributed by atoms with van der Waals surface area (Å²) in [5.41, 5.74) is 5.48. The number of unbranched alkanes of at least 4 members (excludes halogenated alkanes) is 3. The van der Waals surface area contributed by atoms with E-state index in [1.54, 1.807) is 0 Å². The van der Waals surface area contributed by atoms with Crippen LogP contribution in [0.15, 0.2) is 0 Å². The average molecular weight is 317 g/mol. The summed E-state index contributed by atoms with van der Waals surface area (Å²) in [4.78, 5) is 0. The molecule has 0 radical (unpaired) electrons. The lowest BCUT2D eigenvalue weighted by molar-refractivity contribution is 0.174. The Hall–Kier alpha value is -0.240. The molecule has 0 rings (SSSR count). The molecular weight excluding hydrogens is 285 g/mol. The largest absolute Gasteiger partial charge is 0.330 e. The Balaban J connectivity index is 4.27. The van der Waals surface area contributed by atoms with E-state index in [-0.39, 0.29) is 0 Å². The van der Waals surface area contributed by atoms with Crippen molar-refractivity contribution in [3.05, 3.63) is 0 Å². The number of nitriles is 1. The Kier molecular flexibility index (Phi) is 13.3. The smallest absolute Gasteiger partial charge is 0.259 e. The third-order valence-corrected chi connectivity index (χ3v) is 5.07. The van der Waals surface area contributed by atoms with Gasteiger partial charge in [0.05, 0.1) is 25.7 Å². The van der Waals surface area contributed by atoms with Crippen molar-refractivity contribution in [3.63, 3.8) is 0 Å². The lowest BCUT2D eigenvalue weighted by Gasteiger charge is -2.35. The van der Waals surface area contributed by atoms with E-state index in [9.17, 15) is 0 Å². The molecule has 0 fully saturated rings. The van der Waals surface area contributed by atoms with Crippen LogP contribution in [0.5, 0.6) is 0 Å². The van der Waals surface area contributed by atoms with Crippen LogP contribution < -0.4 is 5.73 Å². The maximum absolute atomic E-state index is 8.65. The molecular formula is C15H32N3O2P. The number of hydrogen-bond donors (Lipinski definition) is 1. The number of nitrogens with zero attached hydrogens (tertiary/aromatic N) is 2. The summed E-state index contributed by atoms with van der Waals surface area (Å²) in [6.07, 6.45) is 4.82. The van der Waals surface area contributed by atoms with Crippen molar-refractivity contribution >= 4 is 8.53 Å². The number of hydrogen-bond acceptors (Lipinski definition) is 5. The van der Waals surface area contributed by atoms with E-state index in [0.717, 1.165) is 32.2 Å². The zero-order chi connectivity index (χ0) is 16.1. The van der Waals surface area contributed by atoms with Crippen LogP contribution in [-0.4, -0.2) is 36.5 Å². The SMILES string of the molecule is CC(C)N(C(C)C)P(OCCC#N)OCCCCCCN. The van der Waals surface area contributed by atoms with Crippen LogP contribution in [0, 0.1) is 11.3 Å². The van der Waals surface area contributed by atoms with E-state index in [1.807, 2.05) is 0 Å². The second-order valence-electron chi connectivity index (χ2n) is 5.58. The van der Waals surface area contributed by atoms with Crippen molar-refractivity contribution in [3.8, 4) is 6.07 Å². The predicted octanol–water partition coefficient (Wildman–Crippen LogP) is 3.80. The highest BCUT2D eigenvalue weighted by molar-refractivity contribution is 7.44. The Labute approximate surface area is 131 Å². The van der Waals surface area contributed by atoms with Gasteiger partial charge in [0.25, 0.3) is 8.53 Å². The Morgan fingerprint density at radius 3 is 2.10 bits per heavy atom. The molecule has 0 saturated heterocycles. The first-order valence-corrected chi connectivity index (χ1v) is 9.08. The molecule has 1 unspecified atom stereocenters. The summed E-state index contributed by atoms with van der Waals surface area (Å²) in [5.74, 6) is 0. The van der Waals surface area contributed by atoms with Crippen molar-refractivity contribution in [1.82, 2.24) is 4.67 Å². The molecule has 21 heavy (non-hydrogen) atoms. The van der Waals surface area contributed by atoms with E-state index in [1.165, 1.54) is 0 Å². The van der Waals surface area contributed by atoms with Crippen LogP contribution in [-0.2, 0) is 9.05 Å². The third kappa shape index (κ3) is 10.2. The average Bonchev–Trinajstić information content (AvgIpc) is 2.41. The lowest BCUT2D eigenvalue weighted by atomic mass is 10.2. The zero-order valence-electron chi connectivity index (χ0n) is 14.0. The van der Waals surface area contributed by atoms with Gasteiger partial charge in [0.2, 0.25) is 0 Å². The van der Waals surface area contributed by atoms with Gasteiger partial charge in [-0.25, -0.2) is 4.67 Å². The molecule has 0 aromatic carbocycles. The standard InChI is InChI=1S/C15H32N3O2P/c1-14(2)18(15(3)4)21(20-13-9-11-17)19-12-8-6-5-7-10-16/h14-15H,5-10,12-13,16H2,1-4H3. The fourth-order valence-corrected chi connectivity index (χ4v) is 3.68. The van der Waals surface area contributed by atoms with Gasteiger partial charge in [0.1, 0.15) is 0 Å². The normalized spacial score (nSPS) is 13.1. The molecule has 0 saturated carbocycles. The van der Waals surface area contributed by atoms with E-state index < -0.39 is 8.53 Å². The molecule has 0 aromatic rings. The van der Waals surface area contributed by atoms with Crippen LogP contribution in [0.3, 0.4) is 0 Å². The maximum Gasteiger partial charge on any atom is 0.259 e. The molecule has 0 aliphatic heterocycles. The van der Waals surface area contributed by atoms with Crippen molar-refractivity contribution in [2.45, 2.75) is 71.9 Å². The second-order valence-corrected chi connectivity index (χ2v) is 7.04. The van der Waals surface area contributed by atoms with Gasteiger partial charge in [0, 0.05) is 12.1 Å². The molecule has 6 heteroatoms. The van der Waals surface area contributed by atoms with E-state index in [2.05, 4.69) is 38.4 Å². The van der Waals surface area contributed by atoms with E-state index in [4.69, 9.17) is 20.0 Å². The van der Waals surface area contributed by atoms with Crippen LogP contribution >= 0.6 is 8.53 Å². The van der Waals surface area contributed by atoms with Gasteiger partial charge in [-0.1, -0.05) is 12.8 Å². The molecule has 0 aliphatic rings. The zero-order valence-corrected chi connectivity index (χ0v) is 14.9. The second kappa shape index (κ2) is 13.4. The van der Waals surface area contributed by atoms with E-state index >= 15 is 0 Å². The maximum atomic E-state index is 8.65. The number of nitrogens with two attached hydrogens (primary N) is 1. The predicted molar refractivity (Wildman–Crippen MR) is 88.7 cm³/mol. The first-order valence-electron chi connectivity index (χ1n) is 7.95. The van der Waals surface area contributed by atoms with Gasteiger partial charge in [0.15, 0.2) is 0 Å². The minimum Gasteiger partial charge on any atom is -0.330 e. The van der Waals surface area contributed by atoms with Gasteiger partial charge in [-0.05, 0) is 47.1 Å². The quantitative estimate of drug-likeness (QED) is 0.413. The summed E-state index contributed by atoms with van der Waals surface area (Å²) in [7, 11) is -1.08. The summed E-state index contributed by atoms with van der Waals surface area (Å²) in [6, 6.07) is 2.82. The van der Waals surface area contributed by atoms with Crippen LogP contribution in [0.1, 0.15) is 59.8 Å².